The molecule has 36 heavy (non-hydrogen) atoms. The van der Waals surface area contributed by atoms with Crippen molar-refractivity contribution in [3.63, 3.8) is 0 Å². The molecule has 3 aromatic rings. The number of nitrogens with zero attached hydrogens (tertiary/aromatic N) is 3. The van der Waals surface area contributed by atoms with Gasteiger partial charge in [0.05, 0.1) is 0 Å². The maximum absolute atomic E-state index is 13.8. The molecule has 0 atom stereocenters. The second-order valence-corrected chi connectivity index (χ2v) is 8.56. The van der Waals surface area contributed by atoms with E-state index in [2.05, 4.69) is 15.3 Å². The number of amides is 1. The number of azide groups is 1. The molecular weight excluding hydrogens is 495 g/mol. The van der Waals surface area contributed by atoms with Gasteiger partial charge in [-0.3, -0.25) is 0 Å². The van der Waals surface area contributed by atoms with Crippen molar-refractivity contribution in [2.24, 2.45) is 5.11 Å². The van der Waals surface area contributed by atoms with Gasteiger partial charge in [-0.15, -0.1) is 5.46 Å². The van der Waals surface area contributed by atoms with Gasteiger partial charge in [-0.2, -0.15) is 0 Å². The maximum Gasteiger partial charge on any atom is 1.00 e. The third-order valence-electron chi connectivity index (χ3n) is 6.65. The van der Waals surface area contributed by atoms with Crippen molar-refractivity contribution in [2.75, 3.05) is 6.61 Å². The van der Waals surface area contributed by atoms with E-state index in [4.69, 9.17) is 10.3 Å². The topological polar surface area (TPSA) is 87.1 Å². The predicted octanol–water partition coefficient (Wildman–Crippen LogP) is 3.65. The molecule has 1 N–H and O–H groups in total. The van der Waals surface area contributed by atoms with Gasteiger partial charge in [0.15, 0.2) is 0 Å². The number of rotatable bonds is 6. The first-order valence-corrected chi connectivity index (χ1v) is 11.1. The Morgan fingerprint density at radius 3 is 2.08 bits per heavy atom. The monoisotopic (exact) mass is 518 g/mol. The van der Waals surface area contributed by atoms with Gasteiger partial charge in [0, 0.05) is 23.1 Å². The van der Waals surface area contributed by atoms with E-state index in [0.717, 1.165) is 22.3 Å². The van der Waals surface area contributed by atoms with Crippen LogP contribution in [-0.4, -0.2) is 19.7 Å². The van der Waals surface area contributed by atoms with Crippen LogP contribution in [0, 0.1) is 20.8 Å². The van der Waals surface area contributed by atoms with E-state index < -0.39 is 18.5 Å². The number of carbonyl (C=O) groups is 1. The Morgan fingerprint density at radius 2 is 1.56 bits per heavy atom. The fourth-order valence-corrected chi connectivity index (χ4v) is 5.04. The summed E-state index contributed by atoms with van der Waals surface area (Å²) >= 11 is 0. The van der Waals surface area contributed by atoms with Gasteiger partial charge in [-0.05, 0) is 59.7 Å². The van der Waals surface area contributed by atoms with Crippen LogP contribution < -0.4 is 62.2 Å². The molecule has 1 amide bonds. The van der Waals surface area contributed by atoms with Crippen LogP contribution in [-0.2, 0) is 11.3 Å². The van der Waals surface area contributed by atoms with E-state index in [1.807, 2.05) is 48.5 Å². The van der Waals surface area contributed by atoms with Gasteiger partial charge >= 0.3 is 64.5 Å². The number of benzene rings is 3. The van der Waals surface area contributed by atoms with E-state index in [-0.39, 0.29) is 92.8 Å². The van der Waals surface area contributed by atoms with Gasteiger partial charge < -0.3 is 23.0 Å². The molecule has 3 aromatic carbocycles. The Morgan fingerprint density at radius 1 is 1.00 bits per heavy atom. The largest absolute Gasteiger partial charge is 1.00 e. The zero-order chi connectivity index (χ0) is 25.3. The number of alkyl carbamates (subject to hydrolysis) is 1. The van der Waals surface area contributed by atoms with Gasteiger partial charge in [0.2, 0.25) is 0 Å². The normalized spacial score (nSPS) is 12.2. The van der Waals surface area contributed by atoms with Gasteiger partial charge in [-0.1, -0.05) is 64.8 Å². The van der Waals surface area contributed by atoms with Crippen LogP contribution in [0.3, 0.4) is 0 Å². The molecule has 180 valence electrons. The van der Waals surface area contributed by atoms with Crippen LogP contribution in [0.25, 0.3) is 21.6 Å². The molecule has 0 saturated heterocycles. The van der Waals surface area contributed by atoms with Gasteiger partial charge in [0.1, 0.15) is 6.61 Å². The molecule has 6 nitrogen and oxygen atoms in total. The number of hydrogen-bond acceptors (Lipinski definition) is 3. The summed E-state index contributed by atoms with van der Waals surface area (Å²) in [5, 5.41) is 6.05. The third-order valence-corrected chi connectivity index (χ3v) is 6.65. The molecule has 0 aromatic heterocycles. The molecule has 0 unspecified atom stereocenters. The van der Waals surface area contributed by atoms with E-state index in [1.54, 1.807) is 6.92 Å². The quantitative estimate of drug-likeness (QED) is 0.234. The standard InChI is InChI=1S/C25H23BF3N4O2.K/c1-14-21(15(2)24(32-33-30)16(3)23(14)26(27,28)29)12-31-25(34)35-13-22-19-10-6-4-8-17(19)18-9-5-7-11-20(18)22;/h4-11,22H,12-13H2,1-3H3,(H,31,34);/q-1;+1. The Hall–Kier alpha value is -2.27. The first-order valence-electron chi connectivity index (χ1n) is 11.1. The average Bonchev–Trinajstić information content (AvgIpc) is 3.13. The zero-order valence-corrected chi connectivity index (χ0v) is 23.6. The Balaban J connectivity index is 0.00000361. The first-order chi connectivity index (χ1) is 16.6. The molecule has 0 bridgehead atoms. The van der Waals surface area contributed by atoms with Crippen molar-refractivity contribution in [2.45, 2.75) is 33.2 Å². The van der Waals surface area contributed by atoms with Crippen molar-refractivity contribution < 1.29 is 73.9 Å². The van der Waals surface area contributed by atoms with Crippen LogP contribution in [0.2, 0.25) is 0 Å². The molecular formula is C25H23BF3KN4O2. The van der Waals surface area contributed by atoms with Crippen LogP contribution in [0.1, 0.15) is 39.3 Å². The molecule has 4 rings (SSSR count). The number of hydrogen-bond donors (Lipinski definition) is 1. The number of fused-ring (bicyclic) bond motifs is 3. The minimum atomic E-state index is -5.35. The van der Waals surface area contributed by atoms with Crippen LogP contribution >= 0.6 is 0 Å². The number of halogens is 3. The van der Waals surface area contributed by atoms with Crippen molar-refractivity contribution in [3.8, 4) is 11.1 Å². The molecule has 1 aliphatic rings. The average molecular weight is 518 g/mol. The number of nitrogens with one attached hydrogen (secondary N) is 1. The number of carbonyl (C=O) groups excluding carboxylic acids is 1. The van der Waals surface area contributed by atoms with Gasteiger partial charge in [0.25, 0.3) is 0 Å². The Kier molecular flexibility index (Phi) is 8.98. The molecule has 0 heterocycles. The summed E-state index contributed by atoms with van der Waals surface area (Å²) in [5.41, 5.74) is 12.8. The molecule has 11 heteroatoms. The first kappa shape index (κ1) is 28.3. The predicted molar refractivity (Wildman–Crippen MR) is 130 cm³/mol. The second-order valence-electron chi connectivity index (χ2n) is 8.56. The van der Waals surface area contributed by atoms with Crippen LogP contribution in [0.4, 0.5) is 23.4 Å². The van der Waals surface area contributed by atoms with Crippen LogP contribution in [0.15, 0.2) is 53.6 Å². The summed E-state index contributed by atoms with van der Waals surface area (Å²) in [4.78, 5) is 15.2. The minimum Gasteiger partial charge on any atom is -0.449 e. The van der Waals surface area contributed by atoms with Crippen molar-refractivity contribution >= 4 is 24.2 Å². The summed E-state index contributed by atoms with van der Waals surface area (Å²) in [6, 6.07) is 15.8. The zero-order valence-electron chi connectivity index (χ0n) is 20.5. The SMILES string of the molecule is Cc1c(CNC(=O)OCC2c3ccccc3-c3ccccc32)c(C)c([B-](F)(F)F)c(C)c1N=[N+]=[N-].[K+]. The molecule has 0 radical (unpaired) electrons. The molecule has 1 aliphatic carbocycles. The third kappa shape index (κ3) is 5.37. The van der Waals surface area contributed by atoms with E-state index in [1.165, 1.54) is 13.8 Å². The van der Waals surface area contributed by atoms with Crippen molar-refractivity contribution in [1.82, 2.24) is 5.32 Å². The summed E-state index contributed by atoms with van der Waals surface area (Å²) in [6.07, 6.45) is -0.740. The Bertz CT molecular complexity index is 1330. The molecule has 0 aliphatic heterocycles. The number of ether oxygens (including phenoxy) is 1. The van der Waals surface area contributed by atoms with Crippen molar-refractivity contribution in [3.05, 3.63) is 92.4 Å². The summed E-state index contributed by atoms with van der Waals surface area (Å²) in [5.74, 6) is -0.132. The van der Waals surface area contributed by atoms with E-state index in [0.29, 0.717) is 5.56 Å². The van der Waals surface area contributed by atoms with Crippen LogP contribution in [0.5, 0.6) is 0 Å². The minimum absolute atomic E-state index is 0. The Labute approximate surface area is 249 Å². The second kappa shape index (κ2) is 11.4. The summed E-state index contributed by atoms with van der Waals surface area (Å²) < 4.78 is 46.9. The molecule has 0 fully saturated rings. The fraction of sp³-hybridized carbons (Fsp3) is 0.240. The summed E-state index contributed by atoms with van der Waals surface area (Å²) in [7, 11) is 0. The van der Waals surface area contributed by atoms with Crippen molar-refractivity contribution in [1.29, 1.82) is 0 Å². The fourth-order valence-electron chi connectivity index (χ4n) is 5.04. The maximum atomic E-state index is 13.8. The molecule has 0 spiro atoms. The summed E-state index contributed by atoms with van der Waals surface area (Å²) in [6.45, 7) is -1.23. The smallest absolute Gasteiger partial charge is 0.449 e. The van der Waals surface area contributed by atoms with E-state index in [9.17, 15) is 17.7 Å². The molecule has 0 saturated carbocycles. The van der Waals surface area contributed by atoms with E-state index >= 15 is 0 Å². The van der Waals surface area contributed by atoms with Gasteiger partial charge in [-0.25, -0.2) is 4.79 Å².